The molecule has 0 radical (unpaired) electrons. The summed E-state index contributed by atoms with van der Waals surface area (Å²) < 4.78 is 72.4. The number of aryl methyl sites for hydroxylation is 2. The van der Waals surface area contributed by atoms with Gasteiger partial charge in [0.2, 0.25) is 0 Å². The largest absolute Gasteiger partial charge is 0.494 e. The van der Waals surface area contributed by atoms with Gasteiger partial charge in [-0.15, -0.1) is 0 Å². The molecule has 11 heteroatoms. The van der Waals surface area contributed by atoms with Gasteiger partial charge in [-0.1, -0.05) is 75.2 Å². The molecule has 6 nitrogen and oxygen atoms in total. The van der Waals surface area contributed by atoms with Gasteiger partial charge >= 0.3 is 20.4 Å². The first-order valence-electron chi connectivity index (χ1n) is 22.1. The van der Waals surface area contributed by atoms with Crippen molar-refractivity contribution < 1.29 is 31.8 Å². The summed E-state index contributed by atoms with van der Waals surface area (Å²) >= 11 is 0. The molecule has 0 saturated carbocycles. The van der Waals surface area contributed by atoms with Crippen LogP contribution in [0.2, 0.25) is 0 Å². The Labute approximate surface area is 368 Å². The quantitative estimate of drug-likeness (QED) is 0.104. The van der Waals surface area contributed by atoms with Crippen molar-refractivity contribution in [2.24, 2.45) is 0 Å². The van der Waals surface area contributed by atoms with Crippen LogP contribution in [0.15, 0.2) is 115 Å². The lowest BCUT2D eigenvalue weighted by atomic mass is 9.79. The molecule has 7 rings (SSSR count). The van der Waals surface area contributed by atoms with E-state index in [1.807, 2.05) is 145 Å². The Morgan fingerprint density at radius 3 is 1.11 bits per heavy atom. The highest BCUT2D eigenvalue weighted by atomic mass is 19.4. The molecule has 2 aliphatic heterocycles. The lowest BCUT2D eigenvalue weighted by molar-refractivity contribution is -0.137. The van der Waals surface area contributed by atoms with Crippen molar-refractivity contribution in [2.75, 3.05) is 9.80 Å². The second-order valence-corrected chi connectivity index (χ2v) is 18.8. The van der Waals surface area contributed by atoms with E-state index in [1.54, 1.807) is 17.0 Å². The summed E-state index contributed by atoms with van der Waals surface area (Å²) in [6.45, 7) is 20.3. The van der Waals surface area contributed by atoms with E-state index < -0.39 is 48.4 Å². The van der Waals surface area contributed by atoms with Gasteiger partial charge in [-0.2, -0.15) is 13.2 Å². The molecule has 0 atom stereocenters. The molecule has 0 unspecified atom stereocenters. The Balaban J connectivity index is 1.32. The van der Waals surface area contributed by atoms with Crippen LogP contribution in [0.1, 0.15) is 112 Å². The van der Waals surface area contributed by atoms with Crippen LogP contribution in [-0.2, 0) is 37.6 Å². The van der Waals surface area contributed by atoms with Gasteiger partial charge in [0.25, 0.3) is 0 Å². The summed E-state index contributed by atoms with van der Waals surface area (Å²) in [5, 5.41) is 0. The van der Waals surface area contributed by atoms with E-state index in [0.717, 1.165) is 60.7 Å². The first kappa shape index (κ1) is 45.5. The normalized spacial score (nSPS) is 17.7. The minimum Gasteiger partial charge on any atom is -0.399 e. The first-order chi connectivity index (χ1) is 29.2. The third kappa shape index (κ3) is 9.37. The van der Waals surface area contributed by atoms with Crippen molar-refractivity contribution in [1.82, 2.24) is 0 Å². The van der Waals surface area contributed by atoms with Gasteiger partial charge in [0, 0.05) is 28.4 Å². The van der Waals surface area contributed by atoms with E-state index >= 15 is 13.2 Å². The van der Waals surface area contributed by atoms with Crippen LogP contribution in [0.4, 0.5) is 47.3 Å². The smallest absolute Gasteiger partial charge is 0.399 e. The SMILES string of the molecule is CCCCc1ccc(N(c2ccc(B3OC(C)(C)C(C)(C)O3)cc2)c2ccc(N(c3ccc(CCCC)cc3)c3ccc(B4OC(C)(C)C(C)(C)O4)cc3)c(C(F)(F)F)c2)cc1. The third-order valence-corrected chi connectivity index (χ3v) is 13.2. The van der Waals surface area contributed by atoms with Crippen LogP contribution in [0.3, 0.4) is 0 Å². The van der Waals surface area contributed by atoms with E-state index in [-0.39, 0.29) is 5.69 Å². The highest BCUT2D eigenvalue weighted by Gasteiger charge is 2.53. The Kier molecular flexibility index (Phi) is 12.9. The van der Waals surface area contributed by atoms with Crippen LogP contribution in [0.5, 0.6) is 0 Å². The van der Waals surface area contributed by atoms with Crippen molar-refractivity contribution in [3.05, 3.63) is 132 Å². The Bertz CT molecular complexity index is 2260. The summed E-state index contributed by atoms with van der Waals surface area (Å²) in [6, 6.07) is 35.7. The fourth-order valence-corrected chi connectivity index (χ4v) is 7.86. The average molecular weight is 845 g/mol. The highest BCUT2D eigenvalue weighted by Crippen LogP contribution is 2.47. The van der Waals surface area contributed by atoms with Crippen molar-refractivity contribution in [2.45, 2.75) is 136 Å². The molecule has 2 saturated heterocycles. The number of rotatable bonds is 14. The molecule has 0 amide bonds. The number of halogens is 3. The topological polar surface area (TPSA) is 43.4 Å². The van der Waals surface area contributed by atoms with Crippen LogP contribution in [0, 0.1) is 0 Å². The molecule has 0 aromatic heterocycles. The molecule has 2 aliphatic rings. The van der Waals surface area contributed by atoms with Crippen molar-refractivity contribution in [3.8, 4) is 0 Å². The predicted octanol–water partition coefficient (Wildman–Crippen LogP) is 12.9. The lowest BCUT2D eigenvalue weighted by Crippen LogP contribution is -2.41. The third-order valence-electron chi connectivity index (χ3n) is 13.2. The van der Waals surface area contributed by atoms with Crippen LogP contribution < -0.4 is 20.7 Å². The van der Waals surface area contributed by atoms with Crippen LogP contribution in [-0.4, -0.2) is 36.6 Å². The fourth-order valence-electron chi connectivity index (χ4n) is 7.86. The summed E-state index contributed by atoms with van der Waals surface area (Å²) in [5.74, 6) is 0. The average Bonchev–Trinajstić information content (AvgIpc) is 3.60. The Morgan fingerprint density at radius 2 is 0.774 bits per heavy atom. The van der Waals surface area contributed by atoms with Crippen LogP contribution in [0.25, 0.3) is 0 Å². The number of benzene rings is 5. The lowest BCUT2D eigenvalue weighted by Gasteiger charge is -2.32. The molecule has 0 spiro atoms. The monoisotopic (exact) mass is 844 g/mol. The predicted molar refractivity (Wildman–Crippen MR) is 249 cm³/mol. The van der Waals surface area contributed by atoms with E-state index in [0.29, 0.717) is 22.7 Å². The molecule has 0 aliphatic carbocycles. The van der Waals surface area contributed by atoms with Gasteiger partial charge in [-0.05, 0) is 170 Å². The maximum atomic E-state index is 15.7. The zero-order valence-corrected chi connectivity index (χ0v) is 38.0. The minimum absolute atomic E-state index is 0.0110. The summed E-state index contributed by atoms with van der Waals surface area (Å²) in [4.78, 5) is 3.57. The molecular formula is C51H61B2F3N2O4. The number of anilines is 6. The second kappa shape index (κ2) is 17.6. The van der Waals surface area contributed by atoms with Gasteiger partial charge in [0.15, 0.2) is 0 Å². The molecule has 0 N–H and O–H groups in total. The van der Waals surface area contributed by atoms with Gasteiger partial charge < -0.3 is 28.4 Å². The molecule has 2 fully saturated rings. The van der Waals surface area contributed by atoms with Gasteiger partial charge in [0.05, 0.1) is 33.7 Å². The zero-order chi connectivity index (χ0) is 44.7. The number of nitrogens with zero attached hydrogens (tertiary/aromatic N) is 2. The van der Waals surface area contributed by atoms with Gasteiger partial charge in [0.1, 0.15) is 0 Å². The molecule has 5 aromatic carbocycles. The van der Waals surface area contributed by atoms with Crippen LogP contribution >= 0.6 is 0 Å². The summed E-state index contributed by atoms with van der Waals surface area (Å²) in [7, 11) is -1.18. The molecule has 0 bridgehead atoms. The zero-order valence-electron chi connectivity index (χ0n) is 38.0. The first-order valence-corrected chi connectivity index (χ1v) is 22.1. The van der Waals surface area contributed by atoms with E-state index in [2.05, 4.69) is 26.0 Å². The van der Waals surface area contributed by atoms with Crippen molar-refractivity contribution >= 4 is 59.3 Å². The molecule has 5 aromatic rings. The van der Waals surface area contributed by atoms with Gasteiger partial charge in [-0.25, -0.2) is 0 Å². The van der Waals surface area contributed by atoms with Gasteiger partial charge in [-0.3, -0.25) is 0 Å². The highest BCUT2D eigenvalue weighted by molar-refractivity contribution is 6.62. The standard InChI is InChI=1S/C51H61B2F3N2O4/c1-11-13-15-36-17-25-40(26-18-36)57(41-29-21-38(22-30-41)52-59-47(3,4)48(5,6)60-52)44-33-34-46(45(35-44)51(54,55)56)58(42-27-19-37(20-28-42)16-14-12-2)43-31-23-39(24-32-43)53-61-49(7,8)50(9,10)62-53/h17-35H,11-16H2,1-10H3. The molecule has 326 valence electrons. The molecule has 2 heterocycles. The van der Waals surface area contributed by atoms with Crippen molar-refractivity contribution in [1.29, 1.82) is 0 Å². The minimum atomic E-state index is -4.70. The molecule has 62 heavy (non-hydrogen) atoms. The second-order valence-electron chi connectivity index (χ2n) is 18.8. The fraction of sp³-hybridized carbons (Fsp3) is 0.412. The summed E-state index contributed by atoms with van der Waals surface area (Å²) in [6.07, 6.45) is 1.33. The number of hydrogen-bond acceptors (Lipinski definition) is 6. The number of unbranched alkanes of at least 4 members (excludes halogenated alkanes) is 2. The number of alkyl halides is 3. The maximum absolute atomic E-state index is 15.7. The Hall–Kier alpha value is -4.54. The van der Waals surface area contributed by atoms with E-state index in [4.69, 9.17) is 18.6 Å². The summed E-state index contributed by atoms with van der Waals surface area (Å²) in [5.41, 5.74) is 4.07. The van der Waals surface area contributed by atoms with E-state index in [9.17, 15) is 0 Å². The maximum Gasteiger partial charge on any atom is 0.494 e. The number of hydrogen-bond donors (Lipinski definition) is 0. The van der Waals surface area contributed by atoms with E-state index in [1.165, 1.54) is 11.6 Å². The van der Waals surface area contributed by atoms with Crippen molar-refractivity contribution in [3.63, 3.8) is 0 Å². The Morgan fingerprint density at radius 1 is 0.452 bits per heavy atom. The molecular weight excluding hydrogens is 783 g/mol.